The van der Waals surface area contributed by atoms with Crippen LogP contribution in [0, 0.1) is 0 Å². The van der Waals surface area contributed by atoms with Crippen molar-refractivity contribution in [2.45, 2.75) is 30.5 Å². The summed E-state index contributed by atoms with van der Waals surface area (Å²) in [6, 6.07) is 6.35. The van der Waals surface area contributed by atoms with Crippen molar-refractivity contribution in [3.05, 3.63) is 29.8 Å². The largest absolute Gasteiger partial charge is 0.353 e. The van der Waals surface area contributed by atoms with E-state index in [0.717, 1.165) is 0 Å². The molecule has 0 spiro atoms. The Kier molecular flexibility index (Phi) is 7.19. The molecule has 2 amide bonds. The zero-order valence-electron chi connectivity index (χ0n) is 14.4. The summed E-state index contributed by atoms with van der Waals surface area (Å²) in [5, 5.41) is 2.85. The van der Waals surface area contributed by atoms with Crippen molar-refractivity contribution in [2.24, 2.45) is 0 Å². The van der Waals surface area contributed by atoms with Gasteiger partial charge in [0.2, 0.25) is 5.91 Å². The lowest BCUT2D eigenvalue weighted by molar-refractivity contribution is -0.123. The molecule has 1 heterocycles. The van der Waals surface area contributed by atoms with Crippen LogP contribution in [-0.2, 0) is 4.79 Å². The Morgan fingerprint density at radius 2 is 1.72 bits per heavy atom. The lowest BCUT2D eigenvalue weighted by atomic mass is 10.2. The highest BCUT2D eigenvalue weighted by atomic mass is 32.2. The number of thioether (sulfide) groups is 1. The first-order valence-electron chi connectivity index (χ1n) is 8.21. The van der Waals surface area contributed by atoms with Crippen molar-refractivity contribution in [3.63, 3.8) is 0 Å². The van der Waals surface area contributed by atoms with E-state index >= 15 is 0 Å². The van der Waals surface area contributed by atoms with Crippen LogP contribution in [0.5, 0.6) is 0 Å². The van der Waals surface area contributed by atoms with Crippen LogP contribution in [0.1, 0.15) is 24.2 Å². The number of benzene rings is 1. The predicted octanol–water partition coefficient (Wildman–Crippen LogP) is 2.28. The van der Waals surface area contributed by atoms with Crippen molar-refractivity contribution >= 4 is 23.6 Å². The lowest BCUT2D eigenvalue weighted by Gasteiger charge is -2.34. The summed E-state index contributed by atoms with van der Waals surface area (Å²) in [5.74, 6) is -2.59. The van der Waals surface area contributed by atoms with E-state index in [1.807, 2.05) is 18.7 Å². The minimum atomic E-state index is -2.47. The van der Waals surface area contributed by atoms with Crippen LogP contribution in [0.3, 0.4) is 0 Å². The molecule has 8 heteroatoms. The molecule has 25 heavy (non-hydrogen) atoms. The van der Waals surface area contributed by atoms with Crippen LogP contribution in [0.25, 0.3) is 0 Å². The van der Waals surface area contributed by atoms with Crippen LogP contribution >= 0.6 is 11.8 Å². The molecule has 1 saturated heterocycles. The number of piperazine rings is 1. The molecule has 1 aromatic carbocycles. The zero-order valence-corrected chi connectivity index (χ0v) is 15.2. The van der Waals surface area contributed by atoms with Gasteiger partial charge in [0.25, 0.3) is 11.7 Å². The van der Waals surface area contributed by atoms with E-state index in [9.17, 15) is 18.4 Å². The number of nitrogens with one attached hydrogen (secondary N) is 1. The fraction of sp³-hybridized carbons (Fsp3) is 0.529. The number of carbonyl (C=O) groups is 2. The summed E-state index contributed by atoms with van der Waals surface area (Å²) in [7, 11) is 0. The average Bonchev–Trinajstić information content (AvgIpc) is 2.54. The summed E-state index contributed by atoms with van der Waals surface area (Å²) in [4.78, 5) is 28.4. The standard InChI is InChI=1S/C17H23F2N3O2S/c1-12(2)20-15(23)11-21-7-9-22(10-8-21)16(24)13-3-5-14(6-4-13)25-17(18)19/h3-6,12,17H,7-11H2,1-2H3,(H,20,23). The number of rotatable bonds is 6. The van der Waals surface area contributed by atoms with Crippen LogP contribution in [0.15, 0.2) is 29.2 Å². The van der Waals surface area contributed by atoms with E-state index < -0.39 is 5.76 Å². The summed E-state index contributed by atoms with van der Waals surface area (Å²) in [5.41, 5.74) is 0.490. The Morgan fingerprint density at radius 3 is 2.24 bits per heavy atom. The molecule has 0 unspecified atom stereocenters. The number of halogens is 2. The minimum absolute atomic E-state index is 0.0121. The first-order chi connectivity index (χ1) is 11.8. The van der Waals surface area contributed by atoms with Crippen molar-refractivity contribution in [3.8, 4) is 0 Å². The second-order valence-corrected chi connectivity index (χ2v) is 7.26. The molecule has 138 valence electrons. The summed E-state index contributed by atoms with van der Waals surface area (Å²) in [6.07, 6.45) is 0. The summed E-state index contributed by atoms with van der Waals surface area (Å²) < 4.78 is 24.6. The Bertz CT molecular complexity index is 588. The fourth-order valence-corrected chi connectivity index (χ4v) is 3.14. The van der Waals surface area contributed by atoms with Gasteiger partial charge in [-0.05, 0) is 38.1 Å². The van der Waals surface area contributed by atoms with Gasteiger partial charge in [-0.15, -0.1) is 0 Å². The quantitative estimate of drug-likeness (QED) is 0.780. The SMILES string of the molecule is CC(C)NC(=O)CN1CCN(C(=O)c2ccc(SC(F)F)cc2)CC1. The predicted molar refractivity (Wildman–Crippen MR) is 93.9 cm³/mol. The first kappa shape index (κ1) is 19.7. The molecule has 5 nitrogen and oxygen atoms in total. The number of hydrogen-bond acceptors (Lipinski definition) is 4. The van der Waals surface area contributed by atoms with Crippen LogP contribution in [0.4, 0.5) is 8.78 Å². The van der Waals surface area contributed by atoms with Gasteiger partial charge in [0.15, 0.2) is 0 Å². The Morgan fingerprint density at radius 1 is 1.12 bits per heavy atom. The summed E-state index contributed by atoms with van der Waals surface area (Å²) >= 11 is 0.462. The van der Waals surface area contributed by atoms with Gasteiger partial charge in [-0.3, -0.25) is 14.5 Å². The second-order valence-electron chi connectivity index (χ2n) is 6.19. The average molecular weight is 371 g/mol. The van der Waals surface area contributed by atoms with Crippen molar-refractivity contribution < 1.29 is 18.4 Å². The van der Waals surface area contributed by atoms with Crippen LogP contribution < -0.4 is 5.32 Å². The minimum Gasteiger partial charge on any atom is -0.353 e. The highest BCUT2D eigenvalue weighted by Gasteiger charge is 2.23. The number of amides is 2. The molecule has 0 atom stereocenters. The molecule has 1 aliphatic heterocycles. The maximum absolute atomic E-state index is 12.5. The molecular weight excluding hydrogens is 348 g/mol. The topological polar surface area (TPSA) is 52.7 Å². The molecule has 0 bridgehead atoms. The van der Waals surface area contributed by atoms with Gasteiger partial charge in [0.05, 0.1) is 6.54 Å². The molecule has 0 aromatic heterocycles. The number of carbonyl (C=O) groups excluding carboxylic acids is 2. The molecule has 2 rings (SSSR count). The fourth-order valence-electron chi connectivity index (χ4n) is 2.64. The van der Waals surface area contributed by atoms with E-state index in [1.54, 1.807) is 17.0 Å². The van der Waals surface area contributed by atoms with Gasteiger partial charge >= 0.3 is 0 Å². The lowest BCUT2D eigenvalue weighted by Crippen LogP contribution is -2.51. The van der Waals surface area contributed by atoms with Crippen molar-refractivity contribution in [2.75, 3.05) is 32.7 Å². The van der Waals surface area contributed by atoms with Crippen LogP contribution in [0.2, 0.25) is 0 Å². The van der Waals surface area contributed by atoms with Crippen molar-refractivity contribution in [1.82, 2.24) is 15.1 Å². The Labute approximate surface area is 150 Å². The first-order valence-corrected chi connectivity index (χ1v) is 9.09. The summed E-state index contributed by atoms with van der Waals surface area (Å²) in [6.45, 7) is 6.52. The van der Waals surface area contributed by atoms with E-state index in [2.05, 4.69) is 5.32 Å². The number of nitrogens with zero attached hydrogens (tertiary/aromatic N) is 2. The molecule has 0 saturated carbocycles. The Balaban J connectivity index is 1.83. The molecule has 0 aliphatic carbocycles. The van der Waals surface area contributed by atoms with E-state index in [1.165, 1.54) is 12.1 Å². The van der Waals surface area contributed by atoms with Gasteiger partial charge in [0.1, 0.15) is 0 Å². The molecule has 1 N–H and O–H groups in total. The van der Waals surface area contributed by atoms with Crippen LogP contribution in [-0.4, -0.2) is 66.1 Å². The normalized spacial score (nSPS) is 15.7. The monoisotopic (exact) mass is 371 g/mol. The Hall–Kier alpha value is -1.67. The number of alkyl halides is 2. The molecule has 0 radical (unpaired) electrons. The third kappa shape index (κ3) is 6.28. The molecule has 1 fully saturated rings. The van der Waals surface area contributed by atoms with E-state index in [0.29, 0.717) is 54.9 Å². The molecule has 1 aromatic rings. The smallest absolute Gasteiger partial charge is 0.288 e. The maximum atomic E-state index is 12.5. The highest BCUT2D eigenvalue weighted by molar-refractivity contribution is 7.99. The van der Waals surface area contributed by atoms with Gasteiger partial charge in [-0.1, -0.05) is 11.8 Å². The highest BCUT2D eigenvalue weighted by Crippen LogP contribution is 2.25. The maximum Gasteiger partial charge on any atom is 0.288 e. The van der Waals surface area contributed by atoms with Gasteiger partial charge in [-0.25, -0.2) is 0 Å². The van der Waals surface area contributed by atoms with E-state index in [4.69, 9.17) is 0 Å². The van der Waals surface area contributed by atoms with Gasteiger partial charge < -0.3 is 10.2 Å². The molecular formula is C17H23F2N3O2S. The van der Waals surface area contributed by atoms with E-state index in [-0.39, 0.29) is 17.9 Å². The number of hydrogen-bond donors (Lipinski definition) is 1. The third-order valence-electron chi connectivity index (χ3n) is 3.80. The van der Waals surface area contributed by atoms with Gasteiger partial charge in [-0.2, -0.15) is 8.78 Å². The van der Waals surface area contributed by atoms with Crippen molar-refractivity contribution in [1.29, 1.82) is 0 Å². The molecule has 1 aliphatic rings. The zero-order chi connectivity index (χ0) is 18.4. The third-order valence-corrected chi connectivity index (χ3v) is 4.53. The van der Waals surface area contributed by atoms with Gasteiger partial charge in [0, 0.05) is 42.7 Å². The second kappa shape index (κ2) is 9.15.